The molecule has 1 heterocycles. The minimum absolute atomic E-state index is 0.0310. The highest BCUT2D eigenvalue weighted by atomic mass is 16.7. The molecule has 3 saturated carbocycles. The first kappa shape index (κ1) is 16.9. The minimum Gasteiger partial charge on any atom is -0.347 e. The van der Waals surface area contributed by atoms with Gasteiger partial charge < -0.3 is 9.47 Å². The zero-order chi connectivity index (χ0) is 18.3. The Hall–Kier alpha value is -1.26. The van der Waals surface area contributed by atoms with Crippen molar-refractivity contribution in [3.63, 3.8) is 0 Å². The number of ketones is 2. The average molecular weight is 356 g/mol. The van der Waals surface area contributed by atoms with Crippen molar-refractivity contribution in [2.24, 2.45) is 34.5 Å². The maximum Gasteiger partial charge on any atom is 0.178 e. The molecule has 6 atom stereocenters. The Balaban J connectivity index is 1.60. The first-order chi connectivity index (χ1) is 12.3. The molecular formula is C22H28O4. The van der Waals surface area contributed by atoms with Crippen molar-refractivity contribution in [1.82, 2.24) is 0 Å². The van der Waals surface area contributed by atoms with Gasteiger partial charge in [0.1, 0.15) is 5.78 Å². The maximum absolute atomic E-state index is 13.5. The summed E-state index contributed by atoms with van der Waals surface area (Å²) >= 11 is 0. The Morgan fingerprint density at radius 3 is 2.62 bits per heavy atom. The number of ether oxygens (including phenoxy) is 2. The van der Waals surface area contributed by atoms with E-state index in [1.54, 1.807) is 12.2 Å². The van der Waals surface area contributed by atoms with E-state index in [-0.39, 0.29) is 22.5 Å². The zero-order valence-electron chi connectivity index (χ0n) is 15.9. The third kappa shape index (κ3) is 1.87. The number of fused-ring (bicyclic) bond motifs is 6. The van der Waals surface area contributed by atoms with Gasteiger partial charge in [0.05, 0.1) is 13.2 Å². The van der Waals surface area contributed by atoms with Gasteiger partial charge in [0.15, 0.2) is 11.6 Å². The van der Waals surface area contributed by atoms with Gasteiger partial charge in [-0.25, -0.2) is 0 Å². The van der Waals surface area contributed by atoms with Gasteiger partial charge >= 0.3 is 0 Å². The van der Waals surface area contributed by atoms with Gasteiger partial charge in [0.25, 0.3) is 0 Å². The largest absolute Gasteiger partial charge is 0.347 e. The van der Waals surface area contributed by atoms with Gasteiger partial charge in [0.2, 0.25) is 0 Å². The summed E-state index contributed by atoms with van der Waals surface area (Å²) in [5.41, 5.74) is 0.607. The summed E-state index contributed by atoms with van der Waals surface area (Å²) in [6, 6.07) is 0. The van der Waals surface area contributed by atoms with Crippen LogP contribution in [0.5, 0.6) is 0 Å². The van der Waals surface area contributed by atoms with Crippen molar-refractivity contribution in [2.75, 3.05) is 13.2 Å². The number of allylic oxidation sites excluding steroid dienone is 4. The minimum atomic E-state index is -0.562. The number of hydrogen-bond acceptors (Lipinski definition) is 4. The molecule has 0 unspecified atom stereocenters. The van der Waals surface area contributed by atoms with Crippen molar-refractivity contribution in [2.45, 2.75) is 52.2 Å². The number of carbonyl (C=O) groups excluding carboxylic acids is 2. The number of Topliss-reactive ketones (excluding diaryl/α,β-unsaturated/α-hetero) is 1. The second-order valence-corrected chi connectivity index (χ2v) is 9.58. The fourth-order valence-corrected chi connectivity index (χ4v) is 7.22. The lowest BCUT2D eigenvalue weighted by Crippen LogP contribution is -2.60. The van der Waals surface area contributed by atoms with Crippen LogP contribution in [0.2, 0.25) is 0 Å². The van der Waals surface area contributed by atoms with E-state index in [9.17, 15) is 9.59 Å². The first-order valence-electron chi connectivity index (χ1n) is 10.1. The van der Waals surface area contributed by atoms with E-state index in [1.165, 1.54) is 0 Å². The third-order valence-corrected chi connectivity index (χ3v) is 8.41. The first-order valence-corrected chi connectivity index (χ1v) is 10.1. The van der Waals surface area contributed by atoms with Crippen LogP contribution < -0.4 is 0 Å². The molecule has 4 nitrogen and oxygen atoms in total. The lowest BCUT2D eigenvalue weighted by Gasteiger charge is -2.58. The molecule has 0 aromatic rings. The summed E-state index contributed by atoms with van der Waals surface area (Å²) in [5.74, 6) is 0.946. The van der Waals surface area contributed by atoms with Crippen molar-refractivity contribution in [1.29, 1.82) is 0 Å². The molecule has 0 amide bonds. The van der Waals surface area contributed by atoms with Crippen LogP contribution in [0, 0.1) is 34.5 Å². The smallest absolute Gasteiger partial charge is 0.178 e. The van der Waals surface area contributed by atoms with E-state index in [0.717, 1.165) is 24.8 Å². The van der Waals surface area contributed by atoms with Crippen molar-refractivity contribution >= 4 is 11.6 Å². The molecule has 140 valence electrons. The summed E-state index contributed by atoms with van der Waals surface area (Å²) in [5, 5.41) is 0. The van der Waals surface area contributed by atoms with Crippen LogP contribution in [-0.2, 0) is 19.1 Å². The van der Waals surface area contributed by atoms with E-state index in [4.69, 9.17) is 9.47 Å². The molecule has 0 bridgehead atoms. The van der Waals surface area contributed by atoms with Gasteiger partial charge in [-0.05, 0) is 42.7 Å². The summed E-state index contributed by atoms with van der Waals surface area (Å²) in [4.78, 5) is 25.5. The lowest BCUT2D eigenvalue weighted by molar-refractivity contribution is -0.240. The van der Waals surface area contributed by atoms with Crippen LogP contribution in [0.15, 0.2) is 23.8 Å². The number of rotatable bonds is 0. The van der Waals surface area contributed by atoms with Crippen LogP contribution in [0.25, 0.3) is 0 Å². The van der Waals surface area contributed by atoms with Crippen LogP contribution in [0.3, 0.4) is 0 Å². The monoisotopic (exact) mass is 356 g/mol. The SMILES string of the molecule is C[C@@H]1CC2=CC(=O)C=C[C@]2(C)[C@H]2C(=O)C[C@@]3(C)[C@@H](CCC34OCCO4)[C@H]12. The molecule has 26 heavy (non-hydrogen) atoms. The van der Waals surface area contributed by atoms with Crippen LogP contribution in [-0.4, -0.2) is 30.6 Å². The maximum atomic E-state index is 13.5. The highest BCUT2D eigenvalue weighted by Crippen LogP contribution is 2.68. The summed E-state index contributed by atoms with van der Waals surface area (Å²) in [6.07, 6.45) is 8.85. The lowest BCUT2D eigenvalue weighted by atomic mass is 9.45. The van der Waals surface area contributed by atoms with Crippen LogP contribution >= 0.6 is 0 Å². The molecular weight excluding hydrogens is 328 g/mol. The highest BCUT2D eigenvalue weighted by Gasteiger charge is 2.69. The highest BCUT2D eigenvalue weighted by molar-refractivity contribution is 6.01. The van der Waals surface area contributed by atoms with Crippen molar-refractivity contribution < 1.29 is 19.1 Å². The number of carbonyl (C=O) groups is 2. The molecule has 0 radical (unpaired) electrons. The van der Waals surface area contributed by atoms with E-state index in [1.807, 2.05) is 6.08 Å². The van der Waals surface area contributed by atoms with Crippen molar-refractivity contribution in [3.05, 3.63) is 23.8 Å². The normalized spacial score (nSPS) is 49.0. The molecule has 1 saturated heterocycles. The van der Waals surface area contributed by atoms with Gasteiger partial charge in [0, 0.05) is 29.6 Å². The molecule has 4 aliphatic carbocycles. The topological polar surface area (TPSA) is 52.6 Å². The summed E-state index contributed by atoms with van der Waals surface area (Å²) < 4.78 is 12.3. The Morgan fingerprint density at radius 2 is 1.88 bits per heavy atom. The molecule has 5 aliphatic rings. The quantitative estimate of drug-likeness (QED) is 0.667. The fourth-order valence-electron chi connectivity index (χ4n) is 7.22. The molecule has 1 spiro atoms. The van der Waals surface area contributed by atoms with Crippen LogP contribution in [0.4, 0.5) is 0 Å². The molecule has 5 rings (SSSR count). The van der Waals surface area contributed by atoms with E-state index < -0.39 is 5.79 Å². The molecule has 4 heteroatoms. The van der Waals surface area contributed by atoms with Crippen molar-refractivity contribution in [3.8, 4) is 0 Å². The summed E-state index contributed by atoms with van der Waals surface area (Å²) in [6.45, 7) is 7.93. The van der Waals surface area contributed by atoms with Gasteiger partial charge in [-0.2, -0.15) is 0 Å². The zero-order valence-corrected chi connectivity index (χ0v) is 15.9. The van der Waals surface area contributed by atoms with E-state index in [0.29, 0.717) is 43.2 Å². The Bertz CT molecular complexity index is 743. The predicted molar refractivity (Wildman–Crippen MR) is 96.2 cm³/mol. The second-order valence-electron chi connectivity index (χ2n) is 9.58. The third-order valence-electron chi connectivity index (χ3n) is 8.41. The molecule has 1 aliphatic heterocycles. The Kier molecular flexibility index (Phi) is 3.36. The molecule has 0 aromatic heterocycles. The Labute approximate surface area is 155 Å². The second kappa shape index (κ2) is 5.17. The average Bonchev–Trinajstić information content (AvgIpc) is 3.16. The van der Waals surface area contributed by atoms with Gasteiger partial charge in [-0.15, -0.1) is 0 Å². The number of hydrogen-bond donors (Lipinski definition) is 0. The van der Waals surface area contributed by atoms with Gasteiger partial charge in [-0.3, -0.25) is 9.59 Å². The molecule has 0 aromatic carbocycles. The fraction of sp³-hybridized carbons (Fsp3) is 0.727. The van der Waals surface area contributed by atoms with E-state index >= 15 is 0 Å². The standard InChI is InChI=1S/C22H28O4/c1-13-10-14-11-15(23)4-6-20(14,2)19-17(24)12-21(3)16(18(13)19)5-7-22(21)25-8-9-26-22/h4,6,11,13,16,18-19H,5,7-10,12H2,1-3H3/t13-,16+,18+,19+,20+,21+/m1/s1. The molecule has 4 fully saturated rings. The summed E-state index contributed by atoms with van der Waals surface area (Å²) in [7, 11) is 0. The molecule has 0 N–H and O–H groups in total. The van der Waals surface area contributed by atoms with E-state index in [2.05, 4.69) is 20.8 Å². The Morgan fingerprint density at radius 1 is 1.15 bits per heavy atom. The predicted octanol–water partition coefficient (Wildman–Crippen LogP) is 3.46. The van der Waals surface area contributed by atoms with Gasteiger partial charge in [-0.1, -0.05) is 32.4 Å². The van der Waals surface area contributed by atoms with Crippen LogP contribution in [0.1, 0.15) is 46.5 Å².